The van der Waals surface area contributed by atoms with Crippen LogP contribution in [0.5, 0.6) is 0 Å². The minimum Gasteiger partial charge on any atom is -0.379 e. The third kappa shape index (κ3) is 3.64. The molecule has 0 atom stereocenters. The number of hydrogen-bond donors (Lipinski definition) is 2. The second-order valence-electron chi connectivity index (χ2n) is 4.52. The molecule has 0 unspecified atom stereocenters. The second-order valence-corrected chi connectivity index (χ2v) is 4.52. The van der Waals surface area contributed by atoms with Crippen molar-refractivity contribution in [3.05, 3.63) is 0 Å². The molecule has 5 heteroatoms. The first-order valence-corrected chi connectivity index (χ1v) is 6.27. The zero-order valence-electron chi connectivity index (χ0n) is 9.82. The molecule has 92 valence electrons. The van der Waals surface area contributed by atoms with Gasteiger partial charge in [-0.25, -0.2) is 10.0 Å². The van der Waals surface area contributed by atoms with Gasteiger partial charge in [0, 0.05) is 13.1 Å². The van der Waals surface area contributed by atoms with Gasteiger partial charge in [0.1, 0.15) is 0 Å². The topological polar surface area (TPSA) is 62.9 Å². The monoisotopic (exact) mass is 226 g/mol. The molecule has 1 aliphatic heterocycles. The van der Waals surface area contributed by atoms with Gasteiger partial charge in [-0.2, -0.15) is 0 Å². The van der Waals surface area contributed by atoms with Gasteiger partial charge < -0.3 is 10.5 Å². The number of hydrazine groups is 1. The first-order chi connectivity index (χ1) is 7.84. The van der Waals surface area contributed by atoms with Crippen LogP contribution in [0.3, 0.4) is 0 Å². The van der Waals surface area contributed by atoms with Crippen LogP contribution in [0.15, 0.2) is 4.99 Å². The highest BCUT2D eigenvalue weighted by Gasteiger charge is 2.14. The third-order valence-electron chi connectivity index (χ3n) is 3.18. The van der Waals surface area contributed by atoms with Crippen molar-refractivity contribution in [2.45, 2.75) is 38.1 Å². The van der Waals surface area contributed by atoms with E-state index in [1.807, 2.05) is 0 Å². The highest BCUT2D eigenvalue weighted by Crippen LogP contribution is 2.19. The molecule has 1 saturated carbocycles. The summed E-state index contributed by atoms with van der Waals surface area (Å²) in [5.41, 5.74) is 9.04. The van der Waals surface area contributed by atoms with Crippen molar-refractivity contribution in [3.63, 3.8) is 0 Å². The summed E-state index contributed by atoms with van der Waals surface area (Å²) >= 11 is 0. The molecule has 1 aliphatic carbocycles. The van der Waals surface area contributed by atoms with Crippen LogP contribution in [0.25, 0.3) is 0 Å². The van der Waals surface area contributed by atoms with Gasteiger partial charge in [-0.15, -0.1) is 0 Å². The number of hydrogen-bond acceptors (Lipinski definition) is 3. The van der Waals surface area contributed by atoms with E-state index in [1.54, 1.807) is 0 Å². The molecule has 0 spiro atoms. The molecule has 1 heterocycles. The van der Waals surface area contributed by atoms with Crippen molar-refractivity contribution in [1.29, 1.82) is 0 Å². The lowest BCUT2D eigenvalue weighted by Crippen LogP contribution is -2.51. The summed E-state index contributed by atoms with van der Waals surface area (Å²) in [6, 6.07) is 0.433. The molecule has 16 heavy (non-hydrogen) atoms. The Kier molecular flexibility index (Phi) is 4.42. The van der Waals surface area contributed by atoms with Crippen molar-refractivity contribution in [2.75, 3.05) is 26.3 Å². The smallest absolute Gasteiger partial charge is 0.203 e. The molecular formula is C11H22N4O. The zero-order chi connectivity index (χ0) is 11.2. The number of aliphatic imine (C=N–C) groups is 1. The van der Waals surface area contributed by atoms with Gasteiger partial charge in [0.15, 0.2) is 0 Å². The van der Waals surface area contributed by atoms with E-state index in [9.17, 15) is 0 Å². The fourth-order valence-corrected chi connectivity index (χ4v) is 2.27. The maximum atomic E-state index is 5.89. The molecule has 2 aliphatic rings. The summed E-state index contributed by atoms with van der Waals surface area (Å²) in [4.78, 5) is 4.53. The van der Waals surface area contributed by atoms with Gasteiger partial charge in [0.2, 0.25) is 5.96 Å². The number of guanidine groups is 1. The Morgan fingerprint density at radius 2 is 1.88 bits per heavy atom. The van der Waals surface area contributed by atoms with E-state index in [0.717, 1.165) is 26.3 Å². The number of rotatable bonds is 2. The number of nitrogens with zero attached hydrogens (tertiary/aromatic N) is 2. The first kappa shape index (κ1) is 11.7. The average molecular weight is 226 g/mol. The Morgan fingerprint density at radius 3 is 2.56 bits per heavy atom. The molecule has 2 rings (SSSR count). The summed E-state index contributed by atoms with van der Waals surface area (Å²) in [6.45, 7) is 3.29. The molecule has 0 amide bonds. The number of nitrogens with one attached hydrogen (secondary N) is 1. The minimum atomic E-state index is 0.433. The lowest BCUT2D eigenvalue weighted by atomic mass is 9.96. The summed E-state index contributed by atoms with van der Waals surface area (Å²) in [7, 11) is 0. The van der Waals surface area contributed by atoms with Crippen molar-refractivity contribution in [1.82, 2.24) is 10.4 Å². The summed E-state index contributed by atoms with van der Waals surface area (Å²) in [5, 5.41) is 2.07. The normalized spacial score (nSPS) is 25.6. The first-order valence-electron chi connectivity index (χ1n) is 6.27. The Labute approximate surface area is 97.0 Å². The van der Waals surface area contributed by atoms with Crippen molar-refractivity contribution >= 4 is 5.96 Å². The Hall–Kier alpha value is -0.810. The summed E-state index contributed by atoms with van der Waals surface area (Å²) in [6.07, 6.45) is 6.30. The zero-order valence-corrected chi connectivity index (χ0v) is 9.82. The summed E-state index contributed by atoms with van der Waals surface area (Å²) < 4.78 is 5.27. The molecule has 0 aromatic heterocycles. The largest absolute Gasteiger partial charge is 0.379 e. The average Bonchev–Trinajstić information content (AvgIpc) is 2.31. The number of ether oxygens (including phenoxy) is 1. The van der Waals surface area contributed by atoms with Crippen LogP contribution < -0.4 is 11.2 Å². The highest BCUT2D eigenvalue weighted by atomic mass is 16.5. The SMILES string of the molecule is NC(=NC1CCCCC1)NN1CCOCC1. The molecule has 0 bridgehead atoms. The Morgan fingerprint density at radius 1 is 1.19 bits per heavy atom. The van der Waals surface area contributed by atoms with Crippen LogP contribution in [0.4, 0.5) is 0 Å². The van der Waals surface area contributed by atoms with E-state index in [2.05, 4.69) is 15.4 Å². The molecule has 2 fully saturated rings. The number of morpholine rings is 1. The van der Waals surface area contributed by atoms with Gasteiger partial charge in [0.05, 0.1) is 19.3 Å². The molecule has 0 aromatic carbocycles. The standard InChI is InChI=1S/C11H22N4O/c12-11(13-10-4-2-1-3-5-10)14-15-6-8-16-9-7-15/h10H,1-9H2,(H3,12,13,14). The van der Waals surface area contributed by atoms with Crippen molar-refractivity contribution in [3.8, 4) is 0 Å². The molecule has 0 aromatic rings. The van der Waals surface area contributed by atoms with Gasteiger partial charge in [-0.1, -0.05) is 19.3 Å². The molecule has 1 saturated heterocycles. The summed E-state index contributed by atoms with van der Waals surface area (Å²) in [5.74, 6) is 0.564. The van der Waals surface area contributed by atoms with E-state index in [0.29, 0.717) is 12.0 Å². The predicted octanol–water partition coefficient (Wildman–Crippen LogP) is 0.471. The van der Waals surface area contributed by atoms with Crippen LogP contribution in [-0.2, 0) is 4.74 Å². The molecular weight excluding hydrogens is 204 g/mol. The van der Waals surface area contributed by atoms with E-state index in [-0.39, 0.29) is 0 Å². The number of nitrogens with two attached hydrogens (primary N) is 1. The highest BCUT2D eigenvalue weighted by molar-refractivity contribution is 5.77. The molecule has 0 radical (unpaired) electrons. The molecule has 3 N–H and O–H groups in total. The van der Waals surface area contributed by atoms with Crippen LogP contribution in [0, 0.1) is 0 Å². The van der Waals surface area contributed by atoms with Gasteiger partial charge in [-0.3, -0.25) is 5.43 Å². The van der Waals surface area contributed by atoms with Gasteiger partial charge in [-0.05, 0) is 12.8 Å². The van der Waals surface area contributed by atoms with E-state index in [4.69, 9.17) is 10.5 Å². The Bertz CT molecular complexity index is 232. The second kappa shape index (κ2) is 6.06. The van der Waals surface area contributed by atoms with Crippen LogP contribution in [0.1, 0.15) is 32.1 Å². The lowest BCUT2D eigenvalue weighted by molar-refractivity contribution is 0.0245. The maximum absolute atomic E-state index is 5.89. The fourth-order valence-electron chi connectivity index (χ4n) is 2.27. The quantitative estimate of drug-likeness (QED) is 0.531. The van der Waals surface area contributed by atoms with Crippen molar-refractivity contribution in [2.24, 2.45) is 10.7 Å². The lowest BCUT2D eigenvalue weighted by Gasteiger charge is -2.28. The van der Waals surface area contributed by atoms with E-state index < -0.39 is 0 Å². The van der Waals surface area contributed by atoms with Crippen LogP contribution >= 0.6 is 0 Å². The van der Waals surface area contributed by atoms with E-state index in [1.165, 1.54) is 32.1 Å². The van der Waals surface area contributed by atoms with Gasteiger partial charge in [0.25, 0.3) is 0 Å². The van der Waals surface area contributed by atoms with Crippen LogP contribution in [0.2, 0.25) is 0 Å². The van der Waals surface area contributed by atoms with E-state index >= 15 is 0 Å². The third-order valence-corrected chi connectivity index (χ3v) is 3.18. The fraction of sp³-hybridized carbons (Fsp3) is 0.909. The maximum Gasteiger partial charge on any atom is 0.203 e. The Balaban J connectivity index is 1.76. The van der Waals surface area contributed by atoms with Crippen LogP contribution in [-0.4, -0.2) is 43.3 Å². The molecule has 5 nitrogen and oxygen atoms in total. The van der Waals surface area contributed by atoms with Gasteiger partial charge >= 0.3 is 0 Å². The van der Waals surface area contributed by atoms with Crippen molar-refractivity contribution < 1.29 is 4.74 Å². The minimum absolute atomic E-state index is 0.433. The predicted molar refractivity (Wildman–Crippen MR) is 64.0 cm³/mol.